The minimum Gasteiger partial charge on any atom is -0.350 e. The van der Waals surface area contributed by atoms with Crippen molar-refractivity contribution in [3.63, 3.8) is 0 Å². The lowest BCUT2D eigenvalue weighted by atomic mass is 9.76. The smallest absolute Gasteiger partial charge is 0.261 e. The molecular weight excluding hydrogens is 320 g/mol. The third kappa shape index (κ3) is 2.79. The van der Waals surface area contributed by atoms with Gasteiger partial charge < -0.3 is 10.2 Å². The summed E-state index contributed by atoms with van der Waals surface area (Å²) in [7, 11) is 0. The molecule has 4 nitrogen and oxygen atoms in total. The lowest BCUT2D eigenvalue weighted by molar-refractivity contribution is -0.133. The van der Waals surface area contributed by atoms with E-state index >= 15 is 0 Å². The Morgan fingerprint density at radius 3 is 2.96 bits per heavy atom. The second-order valence-electron chi connectivity index (χ2n) is 7.47. The van der Waals surface area contributed by atoms with Gasteiger partial charge in [0, 0.05) is 30.6 Å². The topological polar surface area (TPSA) is 49.4 Å². The number of allylic oxidation sites excluding steroid dienone is 1. The molecule has 1 aromatic heterocycles. The molecule has 1 atom stereocenters. The average molecular weight is 344 g/mol. The maximum Gasteiger partial charge on any atom is 0.261 e. The Morgan fingerprint density at radius 1 is 1.42 bits per heavy atom. The van der Waals surface area contributed by atoms with Gasteiger partial charge in [-0.15, -0.1) is 11.3 Å². The molecule has 2 heterocycles. The zero-order valence-electron chi connectivity index (χ0n) is 14.1. The molecule has 1 N–H and O–H groups in total. The molecule has 5 heteroatoms. The van der Waals surface area contributed by atoms with Crippen molar-refractivity contribution in [2.45, 2.75) is 45.4 Å². The van der Waals surface area contributed by atoms with Gasteiger partial charge in [0.25, 0.3) is 5.91 Å². The number of hydrogen-bond donors (Lipinski definition) is 1. The molecule has 4 rings (SSSR count). The third-order valence-electron chi connectivity index (χ3n) is 5.71. The third-order valence-corrected chi connectivity index (χ3v) is 6.72. The monoisotopic (exact) mass is 344 g/mol. The Hall–Kier alpha value is -1.62. The van der Waals surface area contributed by atoms with E-state index in [1.54, 1.807) is 0 Å². The van der Waals surface area contributed by atoms with Crippen molar-refractivity contribution >= 4 is 23.2 Å². The summed E-state index contributed by atoms with van der Waals surface area (Å²) >= 11 is 1.49. The van der Waals surface area contributed by atoms with Crippen LogP contribution in [0.15, 0.2) is 23.2 Å². The van der Waals surface area contributed by atoms with Gasteiger partial charge in [-0.05, 0) is 62.0 Å². The van der Waals surface area contributed by atoms with Crippen LogP contribution in [0.3, 0.4) is 0 Å². The van der Waals surface area contributed by atoms with Crippen LogP contribution in [0.4, 0.5) is 0 Å². The van der Waals surface area contributed by atoms with Crippen molar-refractivity contribution in [1.82, 2.24) is 10.2 Å². The Bertz CT molecular complexity index is 704. The highest BCUT2D eigenvalue weighted by Gasteiger charge is 2.46. The van der Waals surface area contributed by atoms with Crippen LogP contribution in [-0.4, -0.2) is 29.8 Å². The maximum absolute atomic E-state index is 12.5. The van der Waals surface area contributed by atoms with Crippen molar-refractivity contribution in [1.29, 1.82) is 0 Å². The van der Waals surface area contributed by atoms with Gasteiger partial charge in [-0.2, -0.15) is 0 Å². The molecule has 128 valence electrons. The molecule has 3 aliphatic rings. The first-order valence-electron chi connectivity index (χ1n) is 8.92. The predicted molar refractivity (Wildman–Crippen MR) is 94.8 cm³/mol. The molecule has 1 saturated heterocycles. The van der Waals surface area contributed by atoms with Gasteiger partial charge in [0.1, 0.15) is 0 Å². The fourth-order valence-corrected chi connectivity index (χ4v) is 4.90. The molecule has 1 saturated carbocycles. The predicted octanol–water partition coefficient (Wildman–Crippen LogP) is 3.48. The Morgan fingerprint density at radius 2 is 2.25 bits per heavy atom. The summed E-state index contributed by atoms with van der Waals surface area (Å²) in [6.07, 6.45) is 8.26. The number of rotatable bonds is 5. The number of carbonyl (C=O) groups excluding carboxylic acids is 2. The van der Waals surface area contributed by atoms with Gasteiger partial charge in [0.05, 0.1) is 4.88 Å². The summed E-state index contributed by atoms with van der Waals surface area (Å²) in [4.78, 5) is 27.7. The van der Waals surface area contributed by atoms with E-state index in [1.807, 2.05) is 23.3 Å². The highest BCUT2D eigenvalue weighted by molar-refractivity contribution is 7.12. The van der Waals surface area contributed by atoms with E-state index in [0.29, 0.717) is 18.9 Å². The number of amides is 2. The van der Waals surface area contributed by atoms with Crippen molar-refractivity contribution < 1.29 is 9.59 Å². The van der Waals surface area contributed by atoms with Crippen LogP contribution in [0.2, 0.25) is 0 Å². The molecule has 0 radical (unpaired) electrons. The molecule has 1 unspecified atom stereocenters. The molecular formula is C19H24N2O2S. The van der Waals surface area contributed by atoms with Crippen LogP contribution in [0.5, 0.6) is 0 Å². The highest BCUT2D eigenvalue weighted by atomic mass is 32.1. The van der Waals surface area contributed by atoms with Gasteiger partial charge in [0.15, 0.2) is 0 Å². The largest absolute Gasteiger partial charge is 0.350 e. The normalized spacial score (nSPS) is 26.3. The summed E-state index contributed by atoms with van der Waals surface area (Å²) in [5.41, 5.74) is 2.18. The Kier molecular flexibility index (Phi) is 3.99. The molecule has 2 fully saturated rings. The second kappa shape index (κ2) is 6.03. The molecule has 1 aliphatic heterocycles. The molecule has 0 bridgehead atoms. The number of piperidine rings is 1. The van der Waals surface area contributed by atoms with Gasteiger partial charge in [0.2, 0.25) is 5.91 Å². The van der Waals surface area contributed by atoms with Crippen LogP contribution in [0, 0.1) is 18.3 Å². The number of carbonyl (C=O) groups is 2. The van der Waals surface area contributed by atoms with E-state index in [1.165, 1.54) is 29.9 Å². The summed E-state index contributed by atoms with van der Waals surface area (Å²) in [5, 5.41) is 5.11. The van der Waals surface area contributed by atoms with Crippen LogP contribution in [-0.2, 0) is 4.79 Å². The molecule has 0 spiro atoms. The summed E-state index contributed by atoms with van der Waals surface area (Å²) < 4.78 is 0. The van der Waals surface area contributed by atoms with E-state index < -0.39 is 0 Å². The van der Waals surface area contributed by atoms with E-state index in [2.05, 4.69) is 11.4 Å². The first-order chi connectivity index (χ1) is 11.6. The zero-order chi connectivity index (χ0) is 16.7. The van der Waals surface area contributed by atoms with Crippen molar-refractivity contribution in [2.75, 3.05) is 13.1 Å². The van der Waals surface area contributed by atoms with Crippen LogP contribution < -0.4 is 5.32 Å². The Balaban J connectivity index is 1.49. The number of nitrogens with zero attached hydrogens (tertiary/aromatic N) is 1. The molecule has 0 aromatic carbocycles. The van der Waals surface area contributed by atoms with E-state index in [-0.39, 0.29) is 17.2 Å². The van der Waals surface area contributed by atoms with Crippen molar-refractivity contribution in [3.05, 3.63) is 33.7 Å². The first-order valence-corrected chi connectivity index (χ1v) is 9.80. The summed E-state index contributed by atoms with van der Waals surface area (Å²) in [6, 6.07) is 1.98. The fourth-order valence-electron chi connectivity index (χ4n) is 4.06. The van der Waals surface area contributed by atoms with Crippen LogP contribution in [0.25, 0.3) is 0 Å². The van der Waals surface area contributed by atoms with Crippen LogP contribution in [0.1, 0.15) is 53.8 Å². The number of fused-ring (bicyclic) bond motifs is 1. The fraction of sp³-hybridized carbons (Fsp3) is 0.579. The molecule has 24 heavy (non-hydrogen) atoms. The molecule has 2 aliphatic carbocycles. The SMILES string of the molecule is Cc1ccsc1C(=O)NCC12CCC=C1N(CC1CC1)C(=O)CC2. The highest BCUT2D eigenvalue weighted by Crippen LogP contribution is 2.48. The van der Waals surface area contributed by atoms with Gasteiger partial charge in [-0.1, -0.05) is 6.08 Å². The summed E-state index contributed by atoms with van der Waals surface area (Å²) in [5.74, 6) is 0.981. The van der Waals surface area contributed by atoms with Gasteiger partial charge in [-0.25, -0.2) is 0 Å². The number of aryl methyl sites for hydroxylation is 1. The zero-order valence-corrected chi connectivity index (χ0v) is 15.0. The average Bonchev–Trinajstić information content (AvgIpc) is 3.12. The first kappa shape index (κ1) is 15.9. The van der Waals surface area contributed by atoms with Gasteiger partial charge in [-0.3, -0.25) is 9.59 Å². The van der Waals surface area contributed by atoms with Crippen molar-refractivity contribution in [3.8, 4) is 0 Å². The van der Waals surface area contributed by atoms with Crippen LogP contribution >= 0.6 is 11.3 Å². The van der Waals surface area contributed by atoms with Gasteiger partial charge >= 0.3 is 0 Å². The minimum absolute atomic E-state index is 0.0220. The standard InChI is InChI=1S/C19H24N2O2S/c1-13-7-10-24-17(13)18(23)20-12-19-8-2-3-15(19)21(11-14-4-5-14)16(22)6-9-19/h3,7,10,14H,2,4-6,8-9,11-12H2,1H3,(H,20,23). The van der Waals surface area contributed by atoms with E-state index in [4.69, 9.17) is 0 Å². The van der Waals surface area contributed by atoms with E-state index in [9.17, 15) is 9.59 Å². The number of likely N-dealkylation sites (tertiary alicyclic amines) is 1. The quantitative estimate of drug-likeness (QED) is 0.889. The lowest BCUT2D eigenvalue weighted by Crippen LogP contribution is -2.48. The minimum atomic E-state index is -0.0381. The van der Waals surface area contributed by atoms with Crippen molar-refractivity contribution in [2.24, 2.45) is 11.3 Å². The number of nitrogens with one attached hydrogen (secondary N) is 1. The Labute approximate surface area is 146 Å². The molecule has 1 aromatic rings. The molecule has 2 amide bonds. The maximum atomic E-state index is 12.5. The summed E-state index contributed by atoms with van der Waals surface area (Å²) in [6.45, 7) is 3.50. The lowest BCUT2D eigenvalue weighted by Gasteiger charge is -2.42. The number of thiophene rings is 1. The number of hydrogen-bond acceptors (Lipinski definition) is 3. The second-order valence-corrected chi connectivity index (χ2v) is 8.39. The van der Waals surface area contributed by atoms with E-state index in [0.717, 1.165) is 36.2 Å².